The molecule has 0 fully saturated rings. The summed E-state index contributed by atoms with van der Waals surface area (Å²) in [4.78, 5) is 4.26. The summed E-state index contributed by atoms with van der Waals surface area (Å²) in [6.07, 6.45) is 7.89. The van der Waals surface area contributed by atoms with Gasteiger partial charge in [0.15, 0.2) is 0 Å². The maximum Gasteiger partial charge on any atom is 0.0997 e. The van der Waals surface area contributed by atoms with Crippen LogP contribution in [0.15, 0.2) is 29.3 Å². The Morgan fingerprint density at radius 2 is 2.11 bits per heavy atom. The summed E-state index contributed by atoms with van der Waals surface area (Å²) < 4.78 is 0. The summed E-state index contributed by atoms with van der Waals surface area (Å²) >= 11 is 5.88. The van der Waals surface area contributed by atoms with Crippen molar-refractivity contribution in [2.24, 2.45) is 4.99 Å². The van der Waals surface area contributed by atoms with Crippen LogP contribution in [0, 0.1) is 11.8 Å². The Labute approximate surface area is 115 Å². The van der Waals surface area contributed by atoms with Crippen LogP contribution in [-0.2, 0) is 0 Å². The molecule has 0 aromatic heterocycles. The van der Waals surface area contributed by atoms with Gasteiger partial charge in [0.25, 0.3) is 0 Å². The summed E-state index contributed by atoms with van der Waals surface area (Å²) in [5, 5.41) is 0.737. The van der Waals surface area contributed by atoms with Gasteiger partial charge in [-0.2, -0.15) is 0 Å². The minimum absolute atomic E-state index is 0.570. The maximum atomic E-state index is 5.88. The monoisotopic (exact) mass is 261 g/mol. The Kier molecular flexibility index (Phi) is 8.01. The molecular weight excluding hydrogens is 242 g/mol. The molecule has 0 atom stereocenters. The first kappa shape index (κ1) is 14.8. The van der Waals surface area contributed by atoms with E-state index in [2.05, 4.69) is 23.8 Å². The highest BCUT2D eigenvalue weighted by molar-refractivity contribution is 6.30. The molecule has 0 spiro atoms. The summed E-state index contributed by atoms with van der Waals surface area (Å²) in [7, 11) is 0. The van der Waals surface area contributed by atoms with Crippen molar-refractivity contribution in [1.82, 2.24) is 0 Å². The number of unbranched alkanes of at least 4 members (excludes halogenated alkanes) is 4. The Hall–Kier alpha value is -1.26. The number of nitrogens with zero attached hydrogens (tertiary/aromatic N) is 1. The van der Waals surface area contributed by atoms with E-state index in [0.29, 0.717) is 6.54 Å². The fourth-order valence-corrected chi connectivity index (χ4v) is 1.77. The minimum Gasteiger partial charge on any atom is -0.280 e. The number of benzene rings is 1. The lowest BCUT2D eigenvalue weighted by atomic mass is 10.2. The average molecular weight is 262 g/mol. The zero-order valence-corrected chi connectivity index (χ0v) is 11.7. The Balaban J connectivity index is 2.19. The first-order valence-electron chi connectivity index (χ1n) is 6.54. The summed E-state index contributed by atoms with van der Waals surface area (Å²) in [6, 6.07) is 7.65. The third-order valence-electron chi connectivity index (χ3n) is 2.54. The van der Waals surface area contributed by atoms with Crippen molar-refractivity contribution in [1.29, 1.82) is 0 Å². The van der Waals surface area contributed by atoms with Gasteiger partial charge in [-0.15, -0.1) is 5.92 Å². The van der Waals surface area contributed by atoms with Crippen molar-refractivity contribution in [3.63, 3.8) is 0 Å². The van der Waals surface area contributed by atoms with Crippen LogP contribution in [0.4, 0.5) is 0 Å². The van der Waals surface area contributed by atoms with Crippen molar-refractivity contribution in [2.75, 3.05) is 6.54 Å². The zero-order chi connectivity index (χ0) is 13.1. The molecule has 1 nitrogen and oxygen atoms in total. The average Bonchev–Trinajstić information content (AvgIpc) is 2.37. The van der Waals surface area contributed by atoms with Crippen LogP contribution in [0.2, 0.25) is 5.02 Å². The van der Waals surface area contributed by atoms with Gasteiger partial charge in [-0.1, -0.05) is 55.8 Å². The molecule has 0 aliphatic rings. The van der Waals surface area contributed by atoms with Crippen LogP contribution in [-0.4, -0.2) is 12.8 Å². The second kappa shape index (κ2) is 9.74. The SMILES string of the molecule is CCCCCCC#CC/N=C/c1cccc(Cl)c1. The lowest BCUT2D eigenvalue weighted by Crippen LogP contribution is -1.82. The van der Waals surface area contributed by atoms with Crippen LogP contribution < -0.4 is 0 Å². The molecule has 0 bridgehead atoms. The lowest BCUT2D eigenvalue weighted by molar-refractivity contribution is 0.679. The molecule has 0 amide bonds. The standard InChI is InChI=1S/C16H20ClN/c1-2-3-4-5-6-7-8-12-18-14-15-10-9-11-16(17)13-15/h9-11,13-14H,2-6,12H2,1H3/b18-14+. The van der Waals surface area contributed by atoms with E-state index in [4.69, 9.17) is 11.6 Å². The van der Waals surface area contributed by atoms with Gasteiger partial charge >= 0.3 is 0 Å². The van der Waals surface area contributed by atoms with E-state index in [1.807, 2.05) is 30.5 Å². The van der Waals surface area contributed by atoms with E-state index in [1.54, 1.807) is 0 Å². The highest BCUT2D eigenvalue weighted by Crippen LogP contribution is 2.08. The van der Waals surface area contributed by atoms with E-state index in [0.717, 1.165) is 17.0 Å². The molecule has 0 saturated carbocycles. The van der Waals surface area contributed by atoms with Crippen molar-refractivity contribution in [2.45, 2.75) is 39.0 Å². The van der Waals surface area contributed by atoms with Gasteiger partial charge in [0, 0.05) is 17.7 Å². The highest BCUT2D eigenvalue weighted by atomic mass is 35.5. The first-order valence-corrected chi connectivity index (χ1v) is 6.92. The Bertz CT molecular complexity index is 426. The van der Waals surface area contributed by atoms with Crippen LogP contribution in [0.5, 0.6) is 0 Å². The minimum atomic E-state index is 0.570. The third-order valence-corrected chi connectivity index (χ3v) is 2.77. The molecule has 1 aromatic rings. The molecular formula is C16H20ClN. The van der Waals surface area contributed by atoms with Crippen LogP contribution >= 0.6 is 11.6 Å². The molecule has 0 saturated heterocycles. The molecule has 1 aromatic carbocycles. The highest BCUT2D eigenvalue weighted by Gasteiger charge is 1.88. The second-order valence-electron chi connectivity index (χ2n) is 4.19. The van der Waals surface area contributed by atoms with E-state index >= 15 is 0 Å². The summed E-state index contributed by atoms with van der Waals surface area (Å²) in [5.41, 5.74) is 1.02. The molecule has 0 unspecified atom stereocenters. The van der Waals surface area contributed by atoms with Crippen molar-refractivity contribution < 1.29 is 0 Å². The van der Waals surface area contributed by atoms with Gasteiger partial charge in [0.2, 0.25) is 0 Å². The molecule has 0 radical (unpaired) electrons. The number of rotatable bonds is 6. The van der Waals surface area contributed by atoms with Gasteiger partial charge < -0.3 is 0 Å². The van der Waals surface area contributed by atoms with E-state index < -0.39 is 0 Å². The number of aliphatic imine (C=N–C) groups is 1. The summed E-state index contributed by atoms with van der Waals surface area (Å²) in [5.74, 6) is 6.22. The van der Waals surface area contributed by atoms with E-state index in [1.165, 1.54) is 25.7 Å². The smallest absolute Gasteiger partial charge is 0.0997 e. The fraction of sp³-hybridized carbons (Fsp3) is 0.438. The van der Waals surface area contributed by atoms with Crippen LogP contribution in [0.1, 0.15) is 44.6 Å². The molecule has 0 aliphatic carbocycles. The molecule has 1 rings (SSSR count). The molecule has 2 heteroatoms. The second-order valence-corrected chi connectivity index (χ2v) is 4.63. The summed E-state index contributed by atoms with van der Waals surface area (Å²) in [6.45, 7) is 2.79. The molecule has 18 heavy (non-hydrogen) atoms. The van der Waals surface area contributed by atoms with Crippen LogP contribution in [0.3, 0.4) is 0 Å². The van der Waals surface area contributed by atoms with Gasteiger partial charge in [-0.25, -0.2) is 0 Å². The normalized spacial score (nSPS) is 10.3. The number of halogens is 1. The third kappa shape index (κ3) is 7.14. The van der Waals surface area contributed by atoms with Crippen molar-refractivity contribution in [3.05, 3.63) is 34.9 Å². The quantitative estimate of drug-likeness (QED) is 0.399. The molecule has 96 valence electrons. The zero-order valence-electron chi connectivity index (χ0n) is 11.0. The van der Waals surface area contributed by atoms with Crippen molar-refractivity contribution >= 4 is 17.8 Å². The van der Waals surface area contributed by atoms with E-state index in [9.17, 15) is 0 Å². The molecule has 0 N–H and O–H groups in total. The predicted molar refractivity (Wildman–Crippen MR) is 80.4 cm³/mol. The topological polar surface area (TPSA) is 12.4 Å². The Morgan fingerprint density at radius 1 is 1.22 bits per heavy atom. The predicted octanol–water partition coefficient (Wildman–Crippen LogP) is 4.73. The maximum absolute atomic E-state index is 5.88. The van der Waals surface area contributed by atoms with Crippen LogP contribution in [0.25, 0.3) is 0 Å². The lowest BCUT2D eigenvalue weighted by Gasteiger charge is -1.92. The fourth-order valence-electron chi connectivity index (χ4n) is 1.57. The van der Waals surface area contributed by atoms with Gasteiger partial charge in [-0.3, -0.25) is 4.99 Å². The Morgan fingerprint density at radius 3 is 2.89 bits per heavy atom. The van der Waals surface area contributed by atoms with E-state index in [-0.39, 0.29) is 0 Å². The number of hydrogen-bond donors (Lipinski definition) is 0. The molecule has 0 heterocycles. The van der Waals surface area contributed by atoms with Gasteiger partial charge in [0.05, 0.1) is 6.54 Å². The van der Waals surface area contributed by atoms with Crippen molar-refractivity contribution in [3.8, 4) is 11.8 Å². The first-order chi connectivity index (χ1) is 8.83. The largest absolute Gasteiger partial charge is 0.280 e. The number of hydrogen-bond acceptors (Lipinski definition) is 1. The van der Waals surface area contributed by atoms with Gasteiger partial charge in [0.1, 0.15) is 0 Å². The van der Waals surface area contributed by atoms with Gasteiger partial charge in [-0.05, 0) is 24.1 Å². The molecule has 0 aliphatic heterocycles.